The van der Waals surface area contributed by atoms with E-state index in [2.05, 4.69) is 17.1 Å². The van der Waals surface area contributed by atoms with Gasteiger partial charge in [-0.3, -0.25) is 0 Å². The van der Waals surface area contributed by atoms with Crippen molar-refractivity contribution in [3.05, 3.63) is 41.0 Å². The number of fused-ring (bicyclic) bond motifs is 1. The maximum absolute atomic E-state index is 6.14. The summed E-state index contributed by atoms with van der Waals surface area (Å²) in [5, 5.41) is 1.77. The summed E-state index contributed by atoms with van der Waals surface area (Å²) in [6.07, 6.45) is 3.05. The van der Waals surface area contributed by atoms with Crippen LogP contribution in [0.5, 0.6) is 0 Å². The average Bonchev–Trinajstić information content (AvgIpc) is 2.30. The lowest BCUT2D eigenvalue weighted by Crippen LogP contribution is -1.99. The van der Waals surface area contributed by atoms with Crippen molar-refractivity contribution in [3.63, 3.8) is 0 Å². The predicted molar refractivity (Wildman–Crippen MR) is 68.7 cm³/mol. The molecule has 0 bridgehead atoms. The Labute approximate surface area is 100 Å². The maximum atomic E-state index is 6.14. The van der Waals surface area contributed by atoms with Crippen molar-refractivity contribution in [1.29, 1.82) is 0 Å². The van der Waals surface area contributed by atoms with Gasteiger partial charge in [0, 0.05) is 5.39 Å². The molecule has 2 rings (SSSR count). The Kier molecular flexibility index (Phi) is 3.75. The number of benzene rings is 1. The second-order valence-corrected chi connectivity index (χ2v) is 4.23. The molecule has 2 aromatic rings. The van der Waals surface area contributed by atoms with E-state index in [-0.39, 0.29) is 0 Å². The Bertz CT molecular complexity index is 482. The molecule has 0 fully saturated rings. The molecule has 0 radical (unpaired) electrons. The molecule has 0 spiro atoms. The molecule has 1 aromatic carbocycles. The molecule has 1 aromatic heterocycles. The molecule has 0 aliphatic heterocycles. The zero-order valence-electron chi connectivity index (χ0n) is 9.12. The van der Waals surface area contributed by atoms with Gasteiger partial charge < -0.3 is 5.73 Å². The van der Waals surface area contributed by atoms with Gasteiger partial charge in [-0.25, -0.2) is 4.98 Å². The summed E-state index contributed by atoms with van der Waals surface area (Å²) >= 11 is 6.14. The van der Waals surface area contributed by atoms with Gasteiger partial charge in [-0.15, -0.1) is 0 Å². The SMILES string of the molecule is NCCCCc1cc2ccccc2nc1Cl. The van der Waals surface area contributed by atoms with Crippen LogP contribution in [0.15, 0.2) is 30.3 Å². The minimum Gasteiger partial charge on any atom is -0.330 e. The highest BCUT2D eigenvalue weighted by atomic mass is 35.5. The van der Waals surface area contributed by atoms with Crippen LogP contribution in [-0.4, -0.2) is 11.5 Å². The summed E-state index contributed by atoms with van der Waals surface area (Å²) < 4.78 is 0. The van der Waals surface area contributed by atoms with E-state index in [4.69, 9.17) is 17.3 Å². The van der Waals surface area contributed by atoms with Crippen molar-refractivity contribution in [3.8, 4) is 0 Å². The lowest BCUT2D eigenvalue weighted by molar-refractivity contribution is 0.744. The first-order valence-electron chi connectivity index (χ1n) is 5.55. The molecule has 2 N–H and O–H groups in total. The van der Waals surface area contributed by atoms with Crippen LogP contribution < -0.4 is 5.73 Å². The molecular weight excluding hydrogens is 220 g/mol. The number of nitrogens with two attached hydrogens (primary N) is 1. The second-order valence-electron chi connectivity index (χ2n) is 3.88. The number of hydrogen-bond donors (Lipinski definition) is 1. The molecule has 0 saturated carbocycles. The van der Waals surface area contributed by atoms with Gasteiger partial charge >= 0.3 is 0 Å². The monoisotopic (exact) mass is 234 g/mol. The standard InChI is InChI=1S/C13H15ClN2/c14-13-11(6-3-4-8-15)9-10-5-1-2-7-12(10)16-13/h1-2,5,7,9H,3-4,6,8,15H2. The van der Waals surface area contributed by atoms with Crippen LogP contribution >= 0.6 is 11.6 Å². The lowest BCUT2D eigenvalue weighted by atomic mass is 10.1. The van der Waals surface area contributed by atoms with E-state index in [9.17, 15) is 0 Å². The summed E-state index contributed by atoms with van der Waals surface area (Å²) in [4.78, 5) is 4.39. The Morgan fingerprint density at radius 1 is 1.19 bits per heavy atom. The second kappa shape index (κ2) is 5.28. The number of para-hydroxylation sites is 1. The number of unbranched alkanes of at least 4 members (excludes halogenated alkanes) is 1. The third-order valence-corrected chi connectivity index (χ3v) is 2.98. The van der Waals surface area contributed by atoms with E-state index in [1.807, 2.05) is 18.2 Å². The number of rotatable bonds is 4. The summed E-state index contributed by atoms with van der Waals surface area (Å²) in [6, 6.07) is 10.2. The fourth-order valence-corrected chi connectivity index (χ4v) is 2.01. The topological polar surface area (TPSA) is 38.9 Å². The van der Waals surface area contributed by atoms with Crippen molar-refractivity contribution in [2.24, 2.45) is 5.73 Å². The van der Waals surface area contributed by atoms with Gasteiger partial charge in [0.15, 0.2) is 0 Å². The molecular formula is C13H15ClN2. The number of aryl methyl sites for hydroxylation is 1. The highest BCUT2D eigenvalue weighted by Gasteiger charge is 2.04. The third kappa shape index (κ3) is 2.52. The number of pyridine rings is 1. The minimum atomic E-state index is 0.621. The third-order valence-electron chi connectivity index (χ3n) is 2.65. The predicted octanol–water partition coefficient (Wildman–Crippen LogP) is 3.17. The molecule has 84 valence electrons. The van der Waals surface area contributed by atoms with Crippen molar-refractivity contribution >= 4 is 22.5 Å². The van der Waals surface area contributed by atoms with Crippen molar-refractivity contribution in [1.82, 2.24) is 4.98 Å². The highest BCUT2D eigenvalue weighted by molar-refractivity contribution is 6.30. The molecule has 0 aliphatic carbocycles. The smallest absolute Gasteiger partial charge is 0.132 e. The number of aromatic nitrogens is 1. The van der Waals surface area contributed by atoms with Gasteiger partial charge in [0.2, 0.25) is 0 Å². The van der Waals surface area contributed by atoms with E-state index in [0.717, 1.165) is 42.3 Å². The molecule has 0 saturated heterocycles. The average molecular weight is 235 g/mol. The Morgan fingerprint density at radius 3 is 2.81 bits per heavy atom. The zero-order chi connectivity index (χ0) is 11.4. The fraction of sp³-hybridized carbons (Fsp3) is 0.308. The molecule has 2 nitrogen and oxygen atoms in total. The van der Waals surface area contributed by atoms with Crippen LogP contribution in [0.1, 0.15) is 18.4 Å². The van der Waals surface area contributed by atoms with Crippen LogP contribution in [0.25, 0.3) is 10.9 Å². The number of halogens is 1. The van der Waals surface area contributed by atoms with Gasteiger partial charge in [-0.2, -0.15) is 0 Å². The molecule has 0 unspecified atom stereocenters. The van der Waals surface area contributed by atoms with Crippen LogP contribution in [-0.2, 0) is 6.42 Å². The Morgan fingerprint density at radius 2 is 2.00 bits per heavy atom. The summed E-state index contributed by atoms with van der Waals surface area (Å²) in [5.74, 6) is 0. The quantitative estimate of drug-likeness (QED) is 0.652. The van der Waals surface area contributed by atoms with E-state index >= 15 is 0 Å². The lowest BCUT2D eigenvalue weighted by Gasteiger charge is -2.05. The van der Waals surface area contributed by atoms with Gasteiger partial charge in [-0.1, -0.05) is 29.8 Å². The molecule has 1 heterocycles. The van der Waals surface area contributed by atoms with Gasteiger partial charge in [-0.05, 0) is 43.5 Å². The molecule has 16 heavy (non-hydrogen) atoms. The molecule has 3 heteroatoms. The van der Waals surface area contributed by atoms with E-state index in [1.54, 1.807) is 0 Å². The summed E-state index contributed by atoms with van der Waals surface area (Å²) in [7, 11) is 0. The Hall–Kier alpha value is -1.12. The van der Waals surface area contributed by atoms with Gasteiger partial charge in [0.05, 0.1) is 5.52 Å². The van der Waals surface area contributed by atoms with Crippen molar-refractivity contribution < 1.29 is 0 Å². The van der Waals surface area contributed by atoms with E-state index < -0.39 is 0 Å². The Balaban J connectivity index is 2.27. The van der Waals surface area contributed by atoms with Crippen LogP contribution in [0.2, 0.25) is 5.15 Å². The normalized spacial score (nSPS) is 10.9. The van der Waals surface area contributed by atoms with Gasteiger partial charge in [0.1, 0.15) is 5.15 Å². The first kappa shape index (κ1) is 11.4. The highest BCUT2D eigenvalue weighted by Crippen LogP contribution is 2.21. The molecule has 0 aliphatic rings. The number of hydrogen-bond acceptors (Lipinski definition) is 2. The van der Waals surface area contributed by atoms with Crippen LogP contribution in [0.3, 0.4) is 0 Å². The largest absolute Gasteiger partial charge is 0.330 e. The van der Waals surface area contributed by atoms with Gasteiger partial charge in [0.25, 0.3) is 0 Å². The summed E-state index contributed by atoms with van der Waals surface area (Å²) in [6.45, 7) is 0.735. The zero-order valence-corrected chi connectivity index (χ0v) is 9.87. The van der Waals surface area contributed by atoms with E-state index in [1.165, 1.54) is 0 Å². The first-order chi connectivity index (χ1) is 7.81. The van der Waals surface area contributed by atoms with Crippen molar-refractivity contribution in [2.75, 3.05) is 6.54 Å². The fourth-order valence-electron chi connectivity index (χ4n) is 1.77. The van der Waals surface area contributed by atoms with Crippen molar-refractivity contribution in [2.45, 2.75) is 19.3 Å². The van der Waals surface area contributed by atoms with Crippen LogP contribution in [0.4, 0.5) is 0 Å². The minimum absolute atomic E-state index is 0.621. The number of nitrogens with zero attached hydrogens (tertiary/aromatic N) is 1. The maximum Gasteiger partial charge on any atom is 0.132 e. The summed E-state index contributed by atoms with van der Waals surface area (Å²) in [5.41, 5.74) is 7.55. The first-order valence-corrected chi connectivity index (χ1v) is 5.93. The van der Waals surface area contributed by atoms with E-state index in [0.29, 0.717) is 5.15 Å². The molecule has 0 atom stereocenters. The van der Waals surface area contributed by atoms with Crippen LogP contribution in [0, 0.1) is 0 Å². The molecule has 0 amide bonds.